The summed E-state index contributed by atoms with van der Waals surface area (Å²) < 4.78 is 0. The summed E-state index contributed by atoms with van der Waals surface area (Å²) in [6.07, 6.45) is 0. The normalized spacial score (nSPS) is 13.4. The van der Waals surface area contributed by atoms with E-state index in [1.807, 2.05) is 38.1 Å². The number of urea groups is 1. The maximum Gasteiger partial charge on any atom is 0.321 e. The molecule has 0 aromatic heterocycles. The molecule has 3 rings (SSSR count). The zero-order valence-corrected chi connectivity index (χ0v) is 16.1. The van der Waals surface area contributed by atoms with Gasteiger partial charge in [-0.05, 0) is 48.9 Å². The fourth-order valence-corrected chi connectivity index (χ4v) is 3.13. The molecule has 1 aliphatic rings. The van der Waals surface area contributed by atoms with E-state index >= 15 is 0 Å². The lowest BCUT2D eigenvalue weighted by Gasteiger charge is -2.22. The number of anilines is 2. The van der Waals surface area contributed by atoms with Crippen molar-refractivity contribution in [3.05, 3.63) is 59.7 Å². The topological polar surface area (TPSA) is 55.9 Å². The van der Waals surface area contributed by atoms with Crippen LogP contribution in [-0.2, 0) is 6.54 Å². The molecule has 1 aliphatic heterocycles. The average Bonchev–Trinajstić information content (AvgIpc) is 3.12. The first-order valence-electron chi connectivity index (χ1n) is 9.20. The molecule has 1 N–H and O–H groups in total. The predicted octanol–water partition coefficient (Wildman–Crippen LogP) is 2.94. The highest BCUT2D eigenvalue weighted by molar-refractivity contribution is 5.97. The van der Waals surface area contributed by atoms with E-state index in [9.17, 15) is 9.59 Å². The number of nitrogens with one attached hydrogen (secondary N) is 1. The zero-order chi connectivity index (χ0) is 19.4. The molecule has 6 nitrogen and oxygen atoms in total. The molecule has 0 radical (unpaired) electrons. The summed E-state index contributed by atoms with van der Waals surface area (Å²) in [4.78, 5) is 30.2. The van der Waals surface area contributed by atoms with Crippen LogP contribution in [0.25, 0.3) is 0 Å². The van der Waals surface area contributed by atoms with Crippen LogP contribution in [0.1, 0.15) is 22.8 Å². The molecule has 27 heavy (non-hydrogen) atoms. The Morgan fingerprint density at radius 3 is 2.26 bits per heavy atom. The van der Waals surface area contributed by atoms with Crippen LogP contribution < -0.4 is 15.1 Å². The number of benzene rings is 2. The van der Waals surface area contributed by atoms with Gasteiger partial charge in [-0.3, -0.25) is 9.69 Å². The SMILES string of the molecule is CCN(Cc1ccc(N(C)C)cc1)C(=O)c1ccc(N2CCNC2=O)cc1. The minimum absolute atomic E-state index is 0.00777. The molecular weight excluding hydrogens is 340 g/mol. The lowest BCUT2D eigenvalue weighted by atomic mass is 10.1. The van der Waals surface area contributed by atoms with Gasteiger partial charge >= 0.3 is 6.03 Å². The average molecular weight is 366 g/mol. The molecule has 1 fully saturated rings. The molecule has 0 aliphatic carbocycles. The van der Waals surface area contributed by atoms with Crippen molar-refractivity contribution in [2.45, 2.75) is 13.5 Å². The van der Waals surface area contributed by atoms with Crippen molar-refractivity contribution in [2.75, 3.05) is 43.5 Å². The Morgan fingerprint density at radius 2 is 1.74 bits per heavy atom. The Balaban J connectivity index is 1.69. The van der Waals surface area contributed by atoms with Crippen molar-refractivity contribution in [1.29, 1.82) is 0 Å². The summed E-state index contributed by atoms with van der Waals surface area (Å²) >= 11 is 0. The number of hydrogen-bond donors (Lipinski definition) is 1. The van der Waals surface area contributed by atoms with Crippen molar-refractivity contribution >= 4 is 23.3 Å². The van der Waals surface area contributed by atoms with E-state index in [2.05, 4.69) is 34.5 Å². The number of carbonyl (C=O) groups is 2. The molecule has 2 aromatic carbocycles. The van der Waals surface area contributed by atoms with Crippen LogP contribution in [0.15, 0.2) is 48.5 Å². The first-order valence-corrected chi connectivity index (χ1v) is 9.20. The van der Waals surface area contributed by atoms with E-state index < -0.39 is 0 Å². The van der Waals surface area contributed by atoms with Crippen molar-refractivity contribution in [3.63, 3.8) is 0 Å². The molecule has 0 spiro atoms. The quantitative estimate of drug-likeness (QED) is 0.855. The minimum atomic E-state index is -0.0922. The molecule has 142 valence electrons. The Morgan fingerprint density at radius 1 is 1.07 bits per heavy atom. The maximum atomic E-state index is 12.9. The first kappa shape index (κ1) is 18.8. The zero-order valence-electron chi connectivity index (χ0n) is 16.1. The Labute approximate surface area is 160 Å². The molecule has 0 unspecified atom stereocenters. The van der Waals surface area contributed by atoms with Crippen LogP contribution in [-0.4, -0.2) is 50.6 Å². The molecule has 1 saturated heterocycles. The Hall–Kier alpha value is -3.02. The van der Waals surface area contributed by atoms with E-state index in [0.717, 1.165) is 16.9 Å². The second-order valence-corrected chi connectivity index (χ2v) is 6.81. The predicted molar refractivity (Wildman–Crippen MR) is 108 cm³/mol. The van der Waals surface area contributed by atoms with E-state index in [1.54, 1.807) is 17.0 Å². The summed E-state index contributed by atoms with van der Waals surface area (Å²) in [5, 5.41) is 2.78. The van der Waals surface area contributed by atoms with Gasteiger partial charge in [0.15, 0.2) is 0 Å². The lowest BCUT2D eigenvalue weighted by Crippen LogP contribution is -2.30. The number of hydrogen-bond acceptors (Lipinski definition) is 3. The highest BCUT2D eigenvalue weighted by Crippen LogP contribution is 2.19. The van der Waals surface area contributed by atoms with Crippen LogP contribution in [0.3, 0.4) is 0 Å². The lowest BCUT2D eigenvalue weighted by molar-refractivity contribution is 0.0752. The van der Waals surface area contributed by atoms with Gasteiger partial charge in [0.2, 0.25) is 0 Å². The van der Waals surface area contributed by atoms with Gasteiger partial charge in [0.05, 0.1) is 0 Å². The molecule has 3 amide bonds. The van der Waals surface area contributed by atoms with Crippen LogP contribution in [0, 0.1) is 0 Å². The van der Waals surface area contributed by atoms with Crippen molar-refractivity contribution in [1.82, 2.24) is 10.2 Å². The highest BCUT2D eigenvalue weighted by Gasteiger charge is 2.21. The highest BCUT2D eigenvalue weighted by atomic mass is 16.2. The molecule has 0 bridgehead atoms. The smallest absolute Gasteiger partial charge is 0.321 e. The molecule has 0 atom stereocenters. The van der Waals surface area contributed by atoms with E-state index in [1.165, 1.54) is 0 Å². The summed E-state index contributed by atoms with van der Waals surface area (Å²) in [6.45, 7) is 4.48. The summed E-state index contributed by atoms with van der Waals surface area (Å²) in [5.74, 6) is -0.00777. The second kappa shape index (κ2) is 8.12. The van der Waals surface area contributed by atoms with E-state index in [4.69, 9.17) is 0 Å². The summed E-state index contributed by atoms with van der Waals surface area (Å²) in [5.41, 5.74) is 3.67. The molecule has 0 saturated carbocycles. The molecule has 2 aromatic rings. The van der Waals surface area contributed by atoms with Crippen molar-refractivity contribution in [3.8, 4) is 0 Å². The molecule has 1 heterocycles. The second-order valence-electron chi connectivity index (χ2n) is 6.81. The van der Waals surface area contributed by atoms with Crippen LogP contribution in [0.5, 0.6) is 0 Å². The fraction of sp³-hybridized carbons (Fsp3) is 0.333. The van der Waals surface area contributed by atoms with E-state index in [-0.39, 0.29) is 11.9 Å². The van der Waals surface area contributed by atoms with Gasteiger partial charge in [-0.15, -0.1) is 0 Å². The van der Waals surface area contributed by atoms with Crippen molar-refractivity contribution < 1.29 is 9.59 Å². The van der Waals surface area contributed by atoms with E-state index in [0.29, 0.717) is 31.7 Å². The fourth-order valence-electron chi connectivity index (χ4n) is 3.13. The first-order chi connectivity index (χ1) is 13.0. The maximum absolute atomic E-state index is 12.9. The molecular formula is C21H26N4O2. The standard InChI is InChI=1S/C21H26N4O2/c1-4-24(15-16-5-9-18(10-6-16)23(2)3)20(26)17-7-11-19(12-8-17)25-14-13-22-21(25)27/h5-12H,4,13-15H2,1-3H3,(H,22,27). The number of rotatable bonds is 6. The van der Waals surface area contributed by atoms with Crippen LogP contribution in [0.4, 0.5) is 16.2 Å². The van der Waals surface area contributed by atoms with Crippen LogP contribution >= 0.6 is 0 Å². The third-order valence-electron chi connectivity index (χ3n) is 4.78. The summed E-state index contributed by atoms with van der Waals surface area (Å²) in [7, 11) is 4.01. The van der Waals surface area contributed by atoms with Gasteiger partial charge in [-0.1, -0.05) is 12.1 Å². The third-order valence-corrected chi connectivity index (χ3v) is 4.78. The van der Waals surface area contributed by atoms with Gasteiger partial charge in [-0.25, -0.2) is 4.79 Å². The number of amides is 3. The van der Waals surface area contributed by atoms with Crippen LogP contribution in [0.2, 0.25) is 0 Å². The third kappa shape index (κ3) is 4.22. The minimum Gasteiger partial charge on any atom is -0.378 e. The van der Waals surface area contributed by atoms with Gasteiger partial charge in [0.1, 0.15) is 0 Å². The number of nitrogens with zero attached hydrogens (tertiary/aromatic N) is 3. The largest absolute Gasteiger partial charge is 0.378 e. The Kier molecular flexibility index (Phi) is 5.64. The summed E-state index contributed by atoms with van der Waals surface area (Å²) in [6, 6.07) is 15.4. The molecule has 6 heteroatoms. The monoisotopic (exact) mass is 366 g/mol. The van der Waals surface area contributed by atoms with Crippen molar-refractivity contribution in [2.24, 2.45) is 0 Å². The number of carbonyl (C=O) groups excluding carboxylic acids is 2. The Bertz CT molecular complexity index is 800. The van der Waals surface area contributed by atoms with Gasteiger partial charge in [0, 0.05) is 57.2 Å². The van der Waals surface area contributed by atoms with Gasteiger partial charge in [0.25, 0.3) is 5.91 Å². The van der Waals surface area contributed by atoms with Gasteiger partial charge < -0.3 is 15.1 Å². The van der Waals surface area contributed by atoms with Gasteiger partial charge in [-0.2, -0.15) is 0 Å².